The third-order valence-electron chi connectivity index (χ3n) is 4.46. The maximum Gasteiger partial charge on any atom is 0.495 e. The van der Waals surface area contributed by atoms with Crippen LogP contribution in [0.25, 0.3) is 0 Å². The highest BCUT2D eigenvalue weighted by atomic mass is 16.7. The van der Waals surface area contributed by atoms with Crippen molar-refractivity contribution in [1.29, 1.82) is 0 Å². The maximum atomic E-state index is 11.2. The normalized spacial score (nSPS) is 18.6. The first kappa shape index (κ1) is 18.7. The number of hydrogen-bond acceptors (Lipinski definition) is 3. The van der Waals surface area contributed by atoms with E-state index in [9.17, 15) is 9.90 Å². The van der Waals surface area contributed by atoms with E-state index < -0.39 is 24.3 Å². The van der Waals surface area contributed by atoms with Crippen LogP contribution in [0.5, 0.6) is 0 Å². The highest BCUT2D eigenvalue weighted by Crippen LogP contribution is 2.36. The van der Waals surface area contributed by atoms with Gasteiger partial charge in [-0.1, -0.05) is 13.8 Å². The molecule has 0 atom stereocenters. The summed E-state index contributed by atoms with van der Waals surface area (Å²) in [6, 6.07) is 3.32. The number of hydrogen-bond donors (Lipinski definition) is 1. The van der Waals surface area contributed by atoms with Gasteiger partial charge in [0.25, 0.3) is 0 Å². The van der Waals surface area contributed by atoms with Crippen molar-refractivity contribution < 1.29 is 19.2 Å². The molecule has 1 N–H and O–H groups in total. The zero-order valence-corrected chi connectivity index (χ0v) is 14.9. The van der Waals surface area contributed by atoms with Crippen molar-refractivity contribution in [2.45, 2.75) is 66.6 Å². The standard InChI is InChI=1S/C15H21BO4.C2H6/c1-9-7-11(13(17)18)8-12(10(9)2)16-19-14(3,4)15(5,6)20-16;1-2/h7-8H,1-6H3,(H,17,18);1-2H3. The summed E-state index contributed by atoms with van der Waals surface area (Å²) >= 11 is 0. The number of aromatic carboxylic acids is 1. The van der Waals surface area contributed by atoms with Crippen LogP contribution in [0.1, 0.15) is 63.0 Å². The summed E-state index contributed by atoms with van der Waals surface area (Å²) in [6.45, 7) is 15.8. The fourth-order valence-electron chi connectivity index (χ4n) is 2.22. The molecule has 1 aliphatic heterocycles. The molecule has 1 aliphatic rings. The van der Waals surface area contributed by atoms with E-state index in [-0.39, 0.29) is 5.56 Å². The first-order valence-corrected chi connectivity index (χ1v) is 7.75. The van der Waals surface area contributed by atoms with E-state index in [1.54, 1.807) is 12.1 Å². The lowest BCUT2D eigenvalue weighted by molar-refractivity contribution is 0.00578. The van der Waals surface area contributed by atoms with Crippen molar-refractivity contribution in [3.63, 3.8) is 0 Å². The van der Waals surface area contributed by atoms with Gasteiger partial charge in [0.15, 0.2) is 0 Å². The summed E-state index contributed by atoms with van der Waals surface area (Å²) in [6.07, 6.45) is 0. The van der Waals surface area contributed by atoms with Crippen LogP contribution in [0.3, 0.4) is 0 Å². The molecule has 122 valence electrons. The van der Waals surface area contributed by atoms with Crippen LogP contribution < -0.4 is 5.46 Å². The molecule has 5 heteroatoms. The lowest BCUT2D eigenvalue weighted by Crippen LogP contribution is -2.41. The topological polar surface area (TPSA) is 55.8 Å². The first-order valence-electron chi connectivity index (χ1n) is 7.75. The minimum atomic E-state index is -0.939. The van der Waals surface area contributed by atoms with Gasteiger partial charge in [0, 0.05) is 0 Å². The second-order valence-electron chi connectivity index (χ2n) is 6.40. The number of benzene rings is 1. The Balaban J connectivity index is 0.00000116. The Morgan fingerprint density at radius 1 is 1.05 bits per heavy atom. The van der Waals surface area contributed by atoms with Crippen LogP contribution in [0.2, 0.25) is 0 Å². The van der Waals surface area contributed by atoms with Crippen LogP contribution in [-0.2, 0) is 9.31 Å². The monoisotopic (exact) mass is 306 g/mol. The van der Waals surface area contributed by atoms with Crippen molar-refractivity contribution in [1.82, 2.24) is 0 Å². The SMILES string of the molecule is CC.Cc1cc(C(=O)O)cc(B2OC(C)(C)C(C)(C)O2)c1C. The summed E-state index contributed by atoms with van der Waals surface area (Å²) in [5.41, 5.74) is 2.12. The Morgan fingerprint density at radius 3 is 1.91 bits per heavy atom. The number of carboxylic acids is 1. The van der Waals surface area contributed by atoms with Gasteiger partial charge in [0.1, 0.15) is 0 Å². The number of aryl methyl sites for hydroxylation is 1. The summed E-state index contributed by atoms with van der Waals surface area (Å²) in [4.78, 5) is 11.2. The number of rotatable bonds is 2. The van der Waals surface area contributed by atoms with Gasteiger partial charge in [-0.3, -0.25) is 0 Å². The Morgan fingerprint density at radius 2 is 1.50 bits per heavy atom. The molecule has 1 heterocycles. The van der Waals surface area contributed by atoms with E-state index in [2.05, 4.69) is 0 Å². The van der Waals surface area contributed by atoms with Crippen LogP contribution >= 0.6 is 0 Å². The van der Waals surface area contributed by atoms with Gasteiger partial charge in [0.05, 0.1) is 16.8 Å². The quantitative estimate of drug-likeness (QED) is 0.852. The van der Waals surface area contributed by atoms with Gasteiger partial charge in [-0.25, -0.2) is 4.79 Å². The molecule has 1 aromatic carbocycles. The van der Waals surface area contributed by atoms with Crippen molar-refractivity contribution >= 4 is 18.6 Å². The predicted molar refractivity (Wildman–Crippen MR) is 89.9 cm³/mol. The maximum absolute atomic E-state index is 11.2. The summed E-state index contributed by atoms with van der Waals surface area (Å²) in [7, 11) is -0.530. The molecule has 22 heavy (non-hydrogen) atoms. The molecule has 0 aliphatic carbocycles. The second-order valence-corrected chi connectivity index (χ2v) is 6.40. The average Bonchev–Trinajstić information content (AvgIpc) is 2.63. The zero-order valence-electron chi connectivity index (χ0n) is 14.9. The van der Waals surface area contributed by atoms with E-state index in [1.807, 2.05) is 55.4 Å². The van der Waals surface area contributed by atoms with E-state index in [4.69, 9.17) is 9.31 Å². The van der Waals surface area contributed by atoms with Gasteiger partial charge in [-0.05, 0) is 70.3 Å². The molecule has 4 nitrogen and oxygen atoms in total. The molecule has 2 rings (SSSR count). The van der Waals surface area contributed by atoms with Gasteiger partial charge in [0.2, 0.25) is 0 Å². The number of carbonyl (C=O) groups is 1. The molecule has 0 amide bonds. The van der Waals surface area contributed by atoms with Crippen molar-refractivity contribution in [3.8, 4) is 0 Å². The molecule has 1 saturated heterocycles. The smallest absolute Gasteiger partial charge is 0.478 e. The third kappa shape index (κ3) is 3.36. The van der Waals surface area contributed by atoms with Crippen LogP contribution in [-0.4, -0.2) is 29.4 Å². The van der Waals surface area contributed by atoms with Crippen molar-refractivity contribution in [2.24, 2.45) is 0 Å². The fourth-order valence-corrected chi connectivity index (χ4v) is 2.22. The van der Waals surface area contributed by atoms with Gasteiger partial charge in [-0.15, -0.1) is 0 Å². The Bertz CT molecular complexity index is 548. The highest BCUT2D eigenvalue weighted by molar-refractivity contribution is 6.62. The molecule has 1 fully saturated rings. The van der Waals surface area contributed by atoms with Gasteiger partial charge < -0.3 is 14.4 Å². The molecule has 0 spiro atoms. The van der Waals surface area contributed by atoms with Gasteiger partial charge >= 0.3 is 13.1 Å². The lowest BCUT2D eigenvalue weighted by atomic mass is 9.74. The molecule has 0 unspecified atom stereocenters. The third-order valence-corrected chi connectivity index (χ3v) is 4.46. The van der Waals surface area contributed by atoms with E-state index in [0.717, 1.165) is 16.6 Å². The number of carboxylic acid groups (broad SMARTS) is 1. The highest BCUT2D eigenvalue weighted by Gasteiger charge is 2.52. The summed E-state index contributed by atoms with van der Waals surface area (Å²) < 4.78 is 12.0. The summed E-state index contributed by atoms with van der Waals surface area (Å²) in [5.74, 6) is -0.939. The molecule has 1 aromatic rings. The summed E-state index contributed by atoms with van der Waals surface area (Å²) in [5, 5.41) is 9.19. The average molecular weight is 306 g/mol. The molecular formula is C17H27BO4. The largest absolute Gasteiger partial charge is 0.495 e. The molecule has 0 bridgehead atoms. The lowest BCUT2D eigenvalue weighted by Gasteiger charge is -2.32. The Kier molecular flexibility index (Phi) is 5.47. The van der Waals surface area contributed by atoms with Crippen LogP contribution in [0.15, 0.2) is 12.1 Å². The van der Waals surface area contributed by atoms with E-state index in [0.29, 0.717) is 0 Å². The van der Waals surface area contributed by atoms with Crippen molar-refractivity contribution in [2.75, 3.05) is 0 Å². The first-order chi connectivity index (χ1) is 10.0. The van der Waals surface area contributed by atoms with Crippen molar-refractivity contribution in [3.05, 3.63) is 28.8 Å². The van der Waals surface area contributed by atoms with Crippen LogP contribution in [0.4, 0.5) is 0 Å². The second kappa shape index (κ2) is 6.43. The molecule has 0 aromatic heterocycles. The van der Waals surface area contributed by atoms with E-state index in [1.165, 1.54) is 0 Å². The van der Waals surface area contributed by atoms with Crippen LogP contribution in [0, 0.1) is 13.8 Å². The minimum absolute atomic E-state index is 0.262. The van der Waals surface area contributed by atoms with E-state index >= 15 is 0 Å². The molecule has 0 radical (unpaired) electrons. The van der Waals surface area contributed by atoms with Gasteiger partial charge in [-0.2, -0.15) is 0 Å². The molecule has 0 saturated carbocycles. The Hall–Kier alpha value is -1.33. The predicted octanol–water partition coefficient (Wildman–Crippen LogP) is 3.33. The molecular weight excluding hydrogens is 279 g/mol. The zero-order chi connectivity index (χ0) is 17.3. The fraction of sp³-hybridized carbons (Fsp3) is 0.588. The minimum Gasteiger partial charge on any atom is -0.478 e. The Labute approximate surface area is 134 Å².